The maximum atomic E-state index is 5.14. The molecule has 0 aromatic rings. The molecule has 4 aliphatic carbocycles. The smallest absolute Gasteiger partial charge is 0.105 e. The van der Waals surface area contributed by atoms with Crippen molar-refractivity contribution in [3.8, 4) is 0 Å². The molecule has 0 spiro atoms. The molecule has 10 unspecified atom stereocenters. The van der Waals surface area contributed by atoms with Gasteiger partial charge in [0.05, 0.1) is 0 Å². The molecule has 0 heterocycles. The molecule has 0 amide bonds. The Morgan fingerprint density at radius 1 is 0.400 bits per heavy atom. The highest BCUT2D eigenvalue weighted by Gasteiger charge is 2.37. The quantitative estimate of drug-likeness (QED) is 0.217. The van der Waals surface area contributed by atoms with E-state index in [4.69, 9.17) is 37.9 Å². The van der Waals surface area contributed by atoms with Crippen molar-refractivity contribution in [3.63, 3.8) is 0 Å². The van der Waals surface area contributed by atoms with E-state index in [1.54, 1.807) is 0 Å². The van der Waals surface area contributed by atoms with Gasteiger partial charge >= 0.3 is 0 Å². The summed E-state index contributed by atoms with van der Waals surface area (Å²) >= 11 is 14.8. The molecule has 4 rings (SSSR count). The number of hydrogen-bond acceptors (Lipinski definition) is 3. The molecule has 0 aromatic heterocycles. The third-order valence-electron chi connectivity index (χ3n) is 9.75. The lowest BCUT2D eigenvalue weighted by Gasteiger charge is -2.33. The summed E-state index contributed by atoms with van der Waals surface area (Å²) < 4.78 is 0. The summed E-state index contributed by atoms with van der Waals surface area (Å²) in [5.74, 6) is 6.66. The highest BCUT2D eigenvalue weighted by Crippen LogP contribution is 2.48. The van der Waals surface area contributed by atoms with Gasteiger partial charge in [-0.2, -0.15) is 37.9 Å². The van der Waals surface area contributed by atoms with Gasteiger partial charge in [-0.15, -0.1) is 0 Å². The van der Waals surface area contributed by atoms with Gasteiger partial charge in [-0.05, 0) is 99.7 Å². The van der Waals surface area contributed by atoms with Crippen LogP contribution in [0.4, 0.5) is 0 Å². The largest absolute Gasteiger partial charge is 0.176 e. The summed E-state index contributed by atoms with van der Waals surface area (Å²) in [6.45, 7) is 0. The second-order valence-electron chi connectivity index (χ2n) is 12.1. The van der Waals surface area contributed by atoms with E-state index in [0.717, 1.165) is 41.3 Å². The van der Waals surface area contributed by atoms with Gasteiger partial charge in [-0.3, -0.25) is 0 Å². The molecule has 172 valence electrons. The lowest BCUT2D eigenvalue weighted by atomic mass is 9.70. The van der Waals surface area contributed by atoms with Gasteiger partial charge in [-0.25, -0.2) is 0 Å². The summed E-state index contributed by atoms with van der Waals surface area (Å²) in [5, 5.41) is 1.98. The zero-order valence-electron chi connectivity index (χ0n) is 19.4. The van der Waals surface area contributed by atoms with Crippen molar-refractivity contribution < 1.29 is 0 Å². The standard InChI is InChI=1S/C26H47BS3/c27-23-11-19(17-3-1-5-24(28)13-17)7-8-20(12-23)22-10-9-21(15-26(30)16-22)18-4-2-6-25(29)14-18/h17-26,28-30H,1-16,27H2. The first-order valence-electron chi connectivity index (χ1n) is 13.5. The maximum Gasteiger partial charge on any atom is 0.105 e. The van der Waals surface area contributed by atoms with Crippen LogP contribution in [0.25, 0.3) is 0 Å². The molecule has 0 saturated heterocycles. The van der Waals surface area contributed by atoms with E-state index < -0.39 is 0 Å². The van der Waals surface area contributed by atoms with Crippen LogP contribution >= 0.6 is 37.9 Å². The molecule has 10 atom stereocenters. The first-order valence-corrected chi connectivity index (χ1v) is 15.1. The lowest BCUT2D eigenvalue weighted by molar-refractivity contribution is 0.212. The van der Waals surface area contributed by atoms with Crippen LogP contribution < -0.4 is 0 Å². The average Bonchev–Trinajstić information content (AvgIpc) is 3.03. The molecule has 0 aromatic carbocycles. The third-order valence-corrected chi connectivity index (χ3v) is 11.1. The summed E-state index contributed by atoms with van der Waals surface area (Å²) in [6.07, 6.45) is 22.9. The van der Waals surface area contributed by atoms with Gasteiger partial charge in [0, 0.05) is 15.7 Å². The number of rotatable bonds is 3. The van der Waals surface area contributed by atoms with Crippen molar-refractivity contribution in [1.29, 1.82) is 0 Å². The Balaban J connectivity index is 1.34. The molecule has 0 bridgehead atoms. The second-order valence-corrected chi connectivity index (χ2v) is 14.2. The Bertz CT molecular complexity index is 482. The monoisotopic (exact) mass is 466 g/mol. The van der Waals surface area contributed by atoms with Crippen molar-refractivity contribution in [2.24, 2.45) is 35.5 Å². The molecule has 4 saturated carbocycles. The summed E-state index contributed by atoms with van der Waals surface area (Å²) in [5.41, 5.74) is 0. The molecule has 4 heteroatoms. The first kappa shape index (κ1) is 24.2. The molecule has 0 nitrogen and oxygen atoms in total. The first-order chi connectivity index (χ1) is 14.5. The van der Waals surface area contributed by atoms with Crippen LogP contribution in [-0.4, -0.2) is 23.6 Å². The molecule has 0 aliphatic heterocycles. The van der Waals surface area contributed by atoms with E-state index in [2.05, 4.69) is 7.85 Å². The van der Waals surface area contributed by atoms with Crippen LogP contribution in [-0.2, 0) is 0 Å². The zero-order valence-corrected chi connectivity index (χ0v) is 22.1. The van der Waals surface area contributed by atoms with E-state index >= 15 is 0 Å². The van der Waals surface area contributed by atoms with Gasteiger partial charge in [0.2, 0.25) is 0 Å². The van der Waals surface area contributed by atoms with Gasteiger partial charge in [0.25, 0.3) is 0 Å². The zero-order chi connectivity index (χ0) is 21.1. The van der Waals surface area contributed by atoms with Crippen LogP contribution in [0.3, 0.4) is 0 Å². The third kappa shape index (κ3) is 6.59. The van der Waals surface area contributed by atoms with Crippen molar-refractivity contribution in [3.05, 3.63) is 0 Å². The van der Waals surface area contributed by atoms with Gasteiger partial charge in [0.1, 0.15) is 7.85 Å². The van der Waals surface area contributed by atoms with Crippen LogP contribution in [0, 0.1) is 35.5 Å². The molecule has 0 radical (unpaired) electrons. The summed E-state index contributed by atoms with van der Waals surface area (Å²) in [4.78, 5) is 0. The summed E-state index contributed by atoms with van der Waals surface area (Å²) in [6, 6.07) is 0. The predicted molar refractivity (Wildman–Crippen MR) is 145 cm³/mol. The minimum atomic E-state index is 0.639. The molecule has 4 fully saturated rings. The Morgan fingerprint density at radius 2 is 0.733 bits per heavy atom. The van der Waals surface area contributed by atoms with Crippen molar-refractivity contribution in [2.45, 2.75) is 124 Å². The minimum absolute atomic E-state index is 0.639. The van der Waals surface area contributed by atoms with Gasteiger partial charge in [-0.1, -0.05) is 44.3 Å². The second kappa shape index (κ2) is 11.5. The number of thiol groups is 3. The molecular weight excluding hydrogens is 419 g/mol. The van der Waals surface area contributed by atoms with E-state index in [9.17, 15) is 0 Å². The topological polar surface area (TPSA) is 0 Å². The molecule has 0 N–H and O–H groups in total. The molecular formula is C26H47BS3. The normalized spacial score (nSPS) is 49.2. The van der Waals surface area contributed by atoms with Crippen molar-refractivity contribution in [1.82, 2.24) is 0 Å². The van der Waals surface area contributed by atoms with E-state index in [1.807, 2.05) is 0 Å². The Labute approximate surface area is 204 Å². The van der Waals surface area contributed by atoms with Crippen LogP contribution in [0.2, 0.25) is 5.82 Å². The average molecular weight is 467 g/mol. The Morgan fingerprint density at radius 3 is 1.13 bits per heavy atom. The van der Waals surface area contributed by atoms with Crippen LogP contribution in [0.15, 0.2) is 0 Å². The van der Waals surface area contributed by atoms with Crippen molar-refractivity contribution in [2.75, 3.05) is 0 Å². The highest BCUT2D eigenvalue weighted by molar-refractivity contribution is 7.81. The predicted octanol–water partition coefficient (Wildman–Crippen LogP) is 7.30. The Kier molecular flexibility index (Phi) is 9.29. The van der Waals surface area contributed by atoms with Crippen molar-refractivity contribution >= 4 is 45.7 Å². The van der Waals surface area contributed by atoms with E-state index in [0.29, 0.717) is 15.7 Å². The van der Waals surface area contributed by atoms with Gasteiger partial charge in [0.15, 0.2) is 0 Å². The molecule has 30 heavy (non-hydrogen) atoms. The fraction of sp³-hybridized carbons (Fsp3) is 1.00. The maximum absolute atomic E-state index is 5.14. The SMILES string of the molecule is BC1CC(C2CCCC(S)C2)CCC(C2CCC(C3CCCC(S)C3)CC(S)C2)C1. The van der Waals surface area contributed by atoms with Crippen LogP contribution in [0.5, 0.6) is 0 Å². The Hall–Kier alpha value is 1.11. The van der Waals surface area contributed by atoms with Gasteiger partial charge < -0.3 is 0 Å². The fourth-order valence-corrected chi connectivity index (χ4v) is 9.67. The lowest BCUT2D eigenvalue weighted by Crippen LogP contribution is -2.24. The van der Waals surface area contributed by atoms with E-state index in [1.165, 1.54) is 103 Å². The van der Waals surface area contributed by atoms with E-state index in [-0.39, 0.29) is 0 Å². The summed E-state index contributed by atoms with van der Waals surface area (Å²) in [7, 11) is 2.57. The highest BCUT2D eigenvalue weighted by atomic mass is 32.1. The minimum Gasteiger partial charge on any atom is -0.176 e. The molecule has 4 aliphatic rings. The number of hydrogen-bond donors (Lipinski definition) is 3. The fourth-order valence-electron chi connectivity index (χ4n) is 8.22. The van der Waals surface area contributed by atoms with Crippen LogP contribution in [0.1, 0.15) is 103 Å².